The lowest BCUT2D eigenvalue weighted by molar-refractivity contribution is -0.118. The van der Waals surface area contributed by atoms with Gasteiger partial charge in [-0.3, -0.25) is 4.79 Å². The Bertz CT molecular complexity index is 1850. The number of ether oxygens (including phenoxy) is 2. The number of hydrogen-bond acceptors (Lipinski definition) is 7. The van der Waals surface area contributed by atoms with Crippen LogP contribution >= 0.6 is 11.6 Å². The van der Waals surface area contributed by atoms with E-state index >= 15 is 4.39 Å². The molecular weight excluding hydrogens is 707 g/mol. The monoisotopic (exact) mass is 754 g/mol. The second-order valence-corrected chi connectivity index (χ2v) is 17.5. The second-order valence-electron chi connectivity index (χ2n) is 15.2. The van der Waals surface area contributed by atoms with Gasteiger partial charge in [-0.1, -0.05) is 48.0 Å². The first kappa shape index (κ1) is 38.2. The Morgan fingerprint density at radius 3 is 2.35 bits per heavy atom. The SMILES string of the molecule is CC(C)(C)OC(=O)N1C[C@H](CCc2c(F)cccc2NC(=O)[C@@H](N)C(c2ccc(Cl)cc2)C2CCOCC2)N(S(=O)(=O)c2ccccc2)C2(CC2)C1. The third-order valence-electron chi connectivity index (χ3n) is 10.3. The van der Waals surface area contributed by atoms with Crippen LogP contribution in [0.1, 0.15) is 69.9 Å². The minimum Gasteiger partial charge on any atom is -0.444 e. The van der Waals surface area contributed by atoms with Gasteiger partial charge in [0.05, 0.1) is 16.5 Å². The minimum absolute atomic E-state index is 0.0671. The molecule has 13 heteroatoms. The highest BCUT2D eigenvalue weighted by Crippen LogP contribution is 2.49. The maximum Gasteiger partial charge on any atom is 0.410 e. The summed E-state index contributed by atoms with van der Waals surface area (Å²) in [6, 6.07) is 18.4. The zero-order valence-electron chi connectivity index (χ0n) is 29.9. The fourth-order valence-electron chi connectivity index (χ4n) is 7.71. The van der Waals surface area contributed by atoms with Crippen LogP contribution in [0.4, 0.5) is 14.9 Å². The summed E-state index contributed by atoms with van der Waals surface area (Å²) < 4.78 is 57.1. The molecule has 2 amide bonds. The zero-order valence-corrected chi connectivity index (χ0v) is 31.5. The van der Waals surface area contributed by atoms with Crippen LogP contribution in [0.25, 0.3) is 0 Å². The van der Waals surface area contributed by atoms with Crippen molar-refractivity contribution < 1.29 is 31.9 Å². The fourth-order valence-corrected chi connectivity index (χ4v) is 9.88. The summed E-state index contributed by atoms with van der Waals surface area (Å²) in [5, 5.41) is 3.49. The van der Waals surface area contributed by atoms with Crippen molar-refractivity contribution in [2.24, 2.45) is 11.7 Å². The largest absolute Gasteiger partial charge is 0.444 e. The Morgan fingerprint density at radius 2 is 1.71 bits per heavy atom. The lowest BCUT2D eigenvalue weighted by Crippen LogP contribution is -2.63. The minimum atomic E-state index is -3.99. The molecule has 1 aliphatic carbocycles. The summed E-state index contributed by atoms with van der Waals surface area (Å²) >= 11 is 6.17. The Kier molecular flexibility index (Phi) is 11.3. The van der Waals surface area contributed by atoms with Gasteiger partial charge in [-0.15, -0.1) is 0 Å². The van der Waals surface area contributed by atoms with E-state index in [4.69, 9.17) is 26.8 Å². The van der Waals surface area contributed by atoms with E-state index in [-0.39, 0.29) is 53.9 Å². The molecule has 3 aromatic carbocycles. The fraction of sp³-hybridized carbons (Fsp3) is 0.487. The molecule has 0 bridgehead atoms. The number of carbonyl (C=O) groups excluding carboxylic acids is 2. The molecule has 1 saturated carbocycles. The number of hydrogen-bond donors (Lipinski definition) is 2. The molecule has 1 spiro atoms. The number of piperazine rings is 1. The molecule has 3 fully saturated rings. The van der Waals surface area contributed by atoms with Gasteiger partial charge in [0.2, 0.25) is 15.9 Å². The van der Waals surface area contributed by atoms with E-state index < -0.39 is 51.1 Å². The summed E-state index contributed by atoms with van der Waals surface area (Å²) in [5.74, 6) is -1.24. The first-order chi connectivity index (χ1) is 24.7. The van der Waals surface area contributed by atoms with Gasteiger partial charge >= 0.3 is 6.09 Å². The normalized spacial score (nSPS) is 20.7. The van der Waals surface area contributed by atoms with Gasteiger partial charge in [0.25, 0.3) is 0 Å². The molecule has 10 nitrogen and oxygen atoms in total. The number of nitrogens with one attached hydrogen (secondary N) is 1. The molecule has 6 rings (SSSR count). The molecule has 0 radical (unpaired) electrons. The van der Waals surface area contributed by atoms with Gasteiger partial charge < -0.3 is 25.4 Å². The number of sulfonamides is 1. The number of nitrogens with zero attached hydrogens (tertiary/aromatic N) is 2. The predicted molar refractivity (Wildman–Crippen MR) is 198 cm³/mol. The average Bonchev–Trinajstić information content (AvgIpc) is 3.87. The third kappa shape index (κ3) is 8.47. The molecule has 2 aliphatic heterocycles. The highest BCUT2D eigenvalue weighted by atomic mass is 35.5. The predicted octanol–water partition coefficient (Wildman–Crippen LogP) is 6.73. The molecule has 0 aromatic heterocycles. The van der Waals surface area contributed by atoms with Gasteiger partial charge in [0.15, 0.2) is 0 Å². The van der Waals surface area contributed by atoms with Crippen molar-refractivity contribution in [3.63, 3.8) is 0 Å². The lowest BCUT2D eigenvalue weighted by atomic mass is 9.76. The van der Waals surface area contributed by atoms with Gasteiger partial charge in [-0.05, 0) is 107 Å². The van der Waals surface area contributed by atoms with Gasteiger partial charge in [0.1, 0.15) is 11.4 Å². The average molecular weight is 755 g/mol. The zero-order chi connectivity index (χ0) is 37.3. The molecule has 1 unspecified atom stereocenters. The summed E-state index contributed by atoms with van der Waals surface area (Å²) in [6.45, 7) is 6.76. The molecular formula is C39H48ClFN4O6S. The number of rotatable bonds is 10. The van der Waals surface area contributed by atoms with E-state index in [9.17, 15) is 18.0 Å². The van der Waals surface area contributed by atoms with E-state index in [1.807, 2.05) is 12.1 Å². The van der Waals surface area contributed by atoms with Crippen LogP contribution in [-0.4, -0.2) is 79.2 Å². The maximum absolute atomic E-state index is 15.7. The molecule has 52 heavy (non-hydrogen) atoms. The van der Waals surface area contributed by atoms with Crippen molar-refractivity contribution in [3.05, 3.63) is 94.8 Å². The molecule has 3 N–H and O–H groups in total. The Hall–Kier alpha value is -3.55. The van der Waals surface area contributed by atoms with E-state index in [0.717, 1.165) is 18.4 Å². The van der Waals surface area contributed by atoms with Gasteiger partial charge in [0, 0.05) is 54.5 Å². The van der Waals surface area contributed by atoms with Gasteiger partial charge in [-0.25, -0.2) is 17.6 Å². The van der Waals surface area contributed by atoms with Crippen LogP contribution in [0.2, 0.25) is 5.02 Å². The van der Waals surface area contributed by atoms with E-state index in [1.54, 1.807) is 78.5 Å². The summed E-state index contributed by atoms with van der Waals surface area (Å²) in [7, 11) is -3.99. The molecule has 3 aliphatic rings. The quantitative estimate of drug-likeness (QED) is 0.235. The Labute approximate surface area is 310 Å². The maximum atomic E-state index is 15.7. The summed E-state index contributed by atoms with van der Waals surface area (Å²) in [5.41, 5.74) is 6.58. The number of benzene rings is 3. The van der Waals surface area contributed by atoms with Crippen molar-refractivity contribution in [1.29, 1.82) is 0 Å². The van der Waals surface area contributed by atoms with Crippen LogP contribution in [0.3, 0.4) is 0 Å². The van der Waals surface area contributed by atoms with E-state index in [0.29, 0.717) is 31.1 Å². The Morgan fingerprint density at radius 1 is 1.04 bits per heavy atom. The van der Waals surface area contributed by atoms with E-state index in [2.05, 4.69) is 5.32 Å². The number of halogens is 2. The van der Waals surface area contributed by atoms with E-state index in [1.165, 1.54) is 12.1 Å². The highest BCUT2D eigenvalue weighted by Gasteiger charge is 2.60. The standard InChI is InChI=1S/C39H48ClFN4O6S/c1-38(2,3)51-37(47)44-24-29(45(39(25-44)20-21-39)52(48,49)30-8-5-4-6-9-30)16-17-31-32(41)10-7-11-33(31)43-36(46)35(42)34(27-18-22-50-23-19-27)26-12-14-28(40)15-13-26/h4-15,27,29,34-35H,16-25,42H2,1-3H3,(H,43,46)/t29-,34?,35-/m0/s1. The first-order valence-corrected chi connectivity index (χ1v) is 19.7. The number of amides is 2. The second kappa shape index (κ2) is 15.4. The first-order valence-electron chi connectivity index (χ1n) is 17.9. The number of anilines is 1. The molecule has 3 aromatic rings. The van der Waals surface area contributed by atoms with Crippen molar-refractivity contribution in [2.45, 2.75) is 93.3 Å². The smallest absolute Gasteiger partial charge is 0.410 e. The summed E-state index contributed by atoms with van der Waals surface area (Å²) in [6.07, 6.45) is 2.38. The van der Waals surface area contributed by atoms with Crippen LogP contribution < -0.4 is 11.1 Å². The van der Waals surface area contributed by atoms with Crippen LogP contribution in [0, 0.1) is 11.7 Å². The molecule has 3 atom stereocenters. The topological polar surface area (TPSA) is 131 Å². The lowest BCUT2D eigenvalue weighted by Gasteiger charge is -2.46. The van der Waals surface area contributed by atoms with Gasteiger partial charge in [-0.2, -0.15) is 4.31 Å². The Balaban J connectivity index is 1.27. The molecule has 2 saturated heterocycles. The van der Waals surface area contributed by atoms with Crippen molar-refractivity contribution in [1.82, 2.24) is 9.21 Å². The number of nitrogens with two attached hydrogens (primary N) is 1. The molecule has 2 heterocycles. The van der Waals surface area contributed by atoms with Crippen LogP contribution in [0.5, 0.6) is 0 Å². The van der Waals surface area contributed by atoms with Crippen LogP contribution in [-0.2, 0) is 30.7 Å². The highest BCUT2D eigenvalue weighted by molar-refractivity contribution is 7.89. The third-order valence-corrected chi connectivity index (χ3v) is 12.6. The molecule has 280 valence electrons. The van der Waals surface area contributed by atoms with Crippen molar-refractivity contribution in [3.8, 4) is 0 Å². The summed E-state index contributed by atoms with van der Waals surface area (Å²) in [4.78, 5) is 29.0. The van der Waals surface area contributed by atoms with Crippen molar-refractivity contribution in [2.75, 3.05) is 31.6 Å². The number of carbonyl (C=O) groups is 2. The van der Waals surface area contributed by atoms with Crippen LogP contribution in [0.15, 0.2) is 77.7 Å². The van der Waals surface area contributed by atoms with Crippen molar-refractivity contribution >= 4 is 39.3 Å².